The molecule has 39 heavy (non-hydrogen) atoms. The van der Waals surface area contributed by atoms with Crippen LogP contribution in [0, 0.1) is 11.8 Å². The number of fused-ring (bicyclic) bond motifs is 5. The Labute approximate surface area is 229 Å². The van der Waals surface area contributed by atoms with Gasteiger partial charge in [0.05, 0.1) is 24.0 Å². The average Bonchev–Trinajstić information content (AvgIpc) is 3.70. The highest BCUT2D eigenvalue weighted by molar-refractivity contribution is 7.17. The number of anilines is 2. The third-order valence-corrected chi connectivity index (χ3v) is 9.78. The number of hydrogen-bond acceptors (Lipinski definition) is 7. The van der Waals surface area contributed by atoms with E-state index in [1.165, 1.54) is 16.2 Å². The van der Waals surface area contributed by atoms with Gasteiger partial charge in [-0.3, -0.25) is 19.7 Å². The maximum atomic E-state index is 14.4. The number of thiophene rings is 1. The summed E-state index contributed by atoms with van der Waals surface area (Å²) in [6.07, 6.45) is 2.90. The Morgan fingerprint density at radius 3 is 2.62 bits per heavy atom. The van der Waals surface area contributed by atoms with E-state index in [9.17, 15) is 19.2 Å². The first-order chi connectivity index (χ1) is 19.0. The van der Waals surface area contributed by atoms with Gasteiger partial charge in [-0.05, 0) is 49.8 Å². The van der Waals surface area contributed by atoms with E-state index in [0.29, 0.717) is 34.7 Å². The Balaban J connectivity index is 1.38. The van der Waals surface area contributed by atoms with E-state index in [2.05, 4.69) is 10.6 Å². The third kappa shape index (κ3) is 3.32. The van der Waals surface area contributed by atoms with Crippen LogP contribution >= 0.6 is 11.3 Å². The molecule has 198 valence electrons. The molecule has 3 amide bonds. The monoisotopic (exact) mass is 541 g/mol. The Bertz CT molecular complexity index is 1550. The Morgan fingerprint density at radius 1 is 1.05 bits per heavy atom. The van der Waals surface area contributed by atoms with Crippen LogP contribution in [-0.2, 0) is 43.9 Å². The molecule has 4 aliphatic rings. The van der Waals surface area contributed by atoms with E-state index in [1.807, 2.05) is 54.6 Å². The number of nitrogens with one attached hydrogen (secondary N) is 2. The molecular weight excluding hydrogens is 514 g/mol. The van der Waals surface area contributed by atoms with Crippen molar-refractivity contribution in [2.45, 2.75) is 44.2 Å². The van der Waals surface area contributed by atoms with Gasteiger partial charge in [0, 0.05) is 22.2 Å². The topological polar surface area (TPSA) is 105 Å². The Kier molecular flexibility index (Phi) is 5.50. The van der Waals surface area contributed by atoms with E-state index >= 15 is 0 Å². The standard InChI is InChI=1S/C30H27N3O5S/c1-2-38-28(36)22-17-11-8-14-21(17)39-27(22)33-25(34)23-20(15-16-9-4-3-5-10-16)32-30(24(23)26(33)35)18-12-6-7-13-19(18)31-29(30)37/h3-7,9-10,12-13,20,23-24,32H,2,8,11,14-15H2,1H3,(H,31,37)/t20-,23+,24-,30+/m0/s1. The van der Waals surface area contributed by atoms with E-state index in [4.69, 9.17) is 4.74 Å². The SMILES string of the molecule is CCOC(=O)c1c(N2C(=O)[C@@H]3[C@H](Cc4ccccc4)N[C@@]4(C(=O)Nc5ccccc54)[C@@H]3C2=O)sc2c1CCC2. The summed E-state index contributed by atoms with van der Waals surface area (Å²) in [6.45, 7) is 1.93. The minimum absolute atomic E-state index is 0.194. The molecule has 0 bridgehead atoms. The number of amides is 3. The first-order valence-corrected chi connectivity index (χ1v) is 14.2. The molecule has 8 nitrogen and oxygen atoms in total. The molecule has 2 N–H and O–H groups in total. The lowest BCUT2D eigenvalue weighted by Crippen LogP contribution is -2.53. The van der Waals surface area contributed by atoms with Gasteiger partial charge in [-0.1, -0.05) is 48.5 Å². The molecule has 0 saturated carbocycles. The fraction of sp³-hybridized carbons (Fsp3) is 0.333. The maximum absolute atomic E-state index is 14.4. The number of para-hydroxylation sites is 1. The molecule has 2 fully saturated rings. The summed E-state index contributed by atoms with van der Waals surface area (Å²) >= 11 is 1.33. The number of nitrogens with zero attached hydrogens (tertiary/aromatic N) is 1. The summed E-state index contributed by atoms with van der Waals surface area (Å²) in [4.78, 5) is 57.8. The van der Waals surface area contributed by atoms with Crippen LogP contribution in [0.5, 0.6) is 0 Å². The van der Waals surface area contributed by atoms with Crippen LogP contribution in [0.25, 0.3) is 0 Å². The molecule has 9 heteroatoms. The molecule has 1 aliphatic carbocycles. The molecule has 4 atom stereocenters. The summed E-state index contributed by atoms with van der Waals surface area (Å²) in [5.41, 5.74) is 2.13. The fourth-order valence-corrected chi connectivity index (χ4v) is 8.35. The molecule has 3 aliphatic heterocycles. The summed E-state index contributed by atoms with van der Waals surface area (Å²) in [5, 5.41) is 6.76. The zero-order chi connectivity index (χ0) is 26.9. The molecule has 1 spiro atoms. The molecular formula is C30H27N3O5S. The third-order valence-electron chi connectivity index (χ3n) is 8.51. The van der Waals surface area contributed by atoms with Gasteiger partial charge in [0.2, 0.25) is 17.7 Å². The lowest BCUT2D eigenvalue weighted by molar-refractivity contribution is -0.130. The second-order valence-electron chi connectivity index (χ2n) is 10.5. The first kappa shape index (κ1) is 24.2. The van der Waals surface area contributed by atoms with Gasteiger partial charge in [-0.15, -0.1) is 11.3 Å². The van der Waals surface area contributed by atoms with Crippen molar-refractivity contribution >= 4 is 45.7 Å². The van der Waals surface area contributed by atoms with Crippen molar-refractivity contribution < 1.29 is 23.9 Å². The molecule has 0 unspecified atom stereocenters. The van der Waals surface area contributed by atoms with Crippen LogP contribution in [0.4, 0.5) is 10.7 Å². The summed E-state index contributed by atoms with van der Waals surface area (Å²) in [5.74, 6) is -3.40. The Hall–Kier alpha value is -3.82. The highest BCUT2D eigenvalue weighted by atomic mass is 32.1. The first-order valence-electron chi connectivity index (χ1n) is 13.4. The van der Waals surface area contributed by atoms with Crippen molar-refractivity contribution in [3.8, 4) is 0 Å². The second-order valence-corrected chi connectivity index (χ2v) is 11.6. The van der Waals surface area contributed by atoms with Gasteiger partial charge in [0.15, 0.2) is 0 Å². The smallest absolute Gasteiger partial charge is 0.341 e. The van der Waals surface area contributed by atoms with Crippen LogP contribution in [0.2, 0.25) is 0 Å². The summed E-state index contributed by atoms with van der Waals surface area (Å²) < 4.78 is 5.38. The predicted octanol–water partition coefficient (Wildman–Crippen LogP) is 3.58. The van der Waals surface area contributed by atoms with Crippen LogP contribution in [0.1, 0.15) is 45.3 Å². The Morgan fingerprint density at radius 2 is 1.82 bits per heavy atom. The van der Waals surface area contributed by atoms with Gasteiger partial charge >= 0.3 is 5.97 Å². The highest BCUT2D eigenvalue weighted by Gasteiger charge is 2.71. The van der Waals surface area contributed by atoms with Crippen LogP contribution in [-0.4, -0.2) is 36.3 Å². The minimum atomic E-state index is -1.38. The van der Waals surface area contributed by atoms with Gasteiger partial charge in [0.1, 0.15) is 10.5 Å². The van der Waals surface area contributed by atoms with E-state index in [0.717, 1.165) is 28.8 Å². The van der Waals surface area contributed by atoms with Crippen molar-refractivity contribution in [3.05, 3.63) is 81.7 Å². The van der Waals surface area contributed by atoms with Crippen LogP contribution in [0.15, 0.2) is 54.6 Å². The molecule has 4 heterocycles. The summed E-state index contributed by atoms with van der Waals surface area (Å²) in [6, 6.07) is 16.6. The largest absolute Gasteiger partial charge is 0.462 e. The number of carbonyl (C=O) groups excluding carboxylic acids is 4. The lowest BCUT2D eigenvalue weighted by atomic mass is 9.76. The van der Waals surface area contributed by atoms with Crippen molar-refractivity contribution in [3.63, 3.8) is 0 Å². The fourth-order valence-electron chi connectivity index (χ4n) is 6.96. The number of imide groups is 1. The highest BCUT2D eigenvalue weighted by Crippen LogP contribution is 2.55. The lowest BCUT2D eigenvalue weighted by Gasteiger charge is -2.29. The molecule has 7 rings (SSSR count). The maximum Gasteiger partial charge on any atom is 0.341 e. The van der Waals surface area contributed by atoms with Crippen molar-refractivity contribution in [1.82, 2.24) is 5.32 Å². The number of benzene rings is 2. The zero-order valence-electron chi connectivity index (χ0n) is 21.4. The number of rotatable bonds is 5. The number of hydrogen-bond donors (Lipinski definition) is 2. The van der Waals surface area contributed by atoms with E-state index in [1.54, 1.807) is 6.92 Å². The molecule has 2 saturated heterocycles. The van der Waals surface area contributed by atoms with Crippen LogP contribution in [0.3, 0.4) is 0 Å². The average molecular weight is 542 g/mol. The number of aryl methyl sites for hydroxylation is 1. The number of esters is 1. The van der Waals surface area contributed by atoms with Gasteiger partial charge < -0.3 is 10.1 Å². The molecule has 3 aromatic rings. The zero-order valence-corrected chi connectivity index (χ0v) is 22.2. The second kappa shape index (κ2) is 8.86. The van der Waals surface area contributed by atoms with E-state index < -0.39 is 35.3 Å². The number of carbonyl (C=O) groups is 4. The summed E-state index contributed by atoms with van der Waals surface area (Å²) in [7, 11) is 0. The normalized spacial score (nSPS) is 26.6. The van der Waals surface area contributed by atoms with E-state index in [-0.39, 0.29) is 18.4 Å². The molecule has 1 aromatic heterocycles. The van der Waals surface area contributed by atoms with Gasteiger partial charge in [-0.2, -0.15) is 0 Å². The quantitative estimate of drug-likeness (QED) is 0.378. The van der Waals surface area contributed by atoms with Crippen molar-refractivity contribution in [2.24, 2.45) is 11.8 Å². The van der Waals surface area contributed by atoms with Crippen molar-refractivity contribution in [2.75, 3.05) is 16.8 Å². The van der Waals surface area contributed by atoms with Gasteiger partial charge in [-0.25, -0.2) is 9.69 Å². The van der Waals surface area contributed by atoms with Gasteiger partial charge in [0.25, 0.3) is 0 Å². The van der Waals surface area contributed by atoms with Crippen LogP contribution < -0.4 is 15.5 Å². The molecule has 0 radical (unpaired) electrons. The predicted molar refractivity (Wildman–Crippen MR) is 146 cm³/mol. The number of ether oxygens (including phenoxy) is 1. The molecule has 2 aromatic carbocycles. The minimum Gasteiger partial charge on any atom is -0.462 e. The van der Waals surface area contributed by atoms with Crippen molar-refractivity contribution in [1.29, 1.82) is 0 Å².